The molecule has 0 aliphatic rings. The Balaban J connectivity index is 3.78. The molecule has 2 atom stereocenters. The van der Waals surface area contributed by atoms with E-state index >= 15 is 0 Å². The molecule has 0 aromatic heterocycles. The smallest absolute Gasteiger partial charge is 0.184 e. The largest absolute Gasteiger partial charge is 0.345 e. The van der Waals surface area contributed by atoms with Gasteiger partial charge in [0.05, 0.1) is 0 Å². The molecule has 2 unspecified atom stereocenters. The van der Waals surface area contributed by atoms with Gasteiger partial charge in [-0.05, 0) is 18.7 Å². The van der Waals surface area contributed by atoms with Crippen molar-refractivity contribution >= 4 is 18.3 Å². The molecule has 0 bridgehead atoms. The molecular weight excluding hydrogens is 155 g/mol. The van der Waals surface area contributed by atoms with Crippen molar-refractivity contribution in [3.63, 3.8) is 0 Å². The van der Waals surface area contributed by atoms with Crippen LogP contribution in [-0.2, 0) is 16.3 Å². The second kappa shape index (κ2) is 3.34. The maximum absolute atomic E-state index is 8.93. The van der Waals surface area contributed by atoms with E-state index in [2.05, 4.69) is 17.7 Å². The zero-order valence-corrected chi connectivity index (χ0v) is 7.08. The molecule has 2 nitrogen and oxygen atoms in total. The van der Waals surface area contributed by atoms with Gasteiger partial charge in [-0.1, -0.05) is 5.92 Å². The maximum atomic E-state index is 8.93. The third-order valence-corrected chi connectivity index (χ3v) is 1.55. The van der Waals surface area contributed by atoms with Gasteiger partial charge in [-0.3, -0.25) is 0 Å². The van der Waals surface area contributed by atoms with Crippen LogP contribution in [0.5, 0.6) is 0 Å². The van der Waals surface area contributed by atoms with E-state index in [-0.39, 0.29) is 6.10 Å². The predicted molar refractivity (Wildman–Crippen MR) is 41.8 cm³/mol. The van der Waals surface area contributed by atoms with Crippen molar-refractivity contribution in [2.45, 2.75) is 13.0 Å². The lowest BCUT2D eigenvalue weighted by molar-refractivity contribution is 0.276. The Bertz CT molecular complexity index is 166. The second-order valence-corrected chi connectivity index (χ2v) is 5.57. The molecule has 1 N–H and O–H groups in total. The highest BCUT2D eigenvalue weighted by atomic mass is 32.5. The van der Waals surface area contributed by atoms with E-state index in [0.717, 1.165) is 0 Å². The minimum Gasteiger partial charge on any atom is -0.345 e. The van der Waals surface area contributed by atoms with Crippen molar-refractivity contribution < 1.29 is 9.42 Å². The first-order valence-electron chi connectivity index (χ1n) is 2.40. The zero-order valence-electron chi connectivity index (χ0n) is 5.37. The second-order valence-electron chi connectivity index (χ2n) is 1.72. The van der Waals surface area contributed by atoms with Crippen LogP contribution in [0.3, 0.4) is 0 Å². The van der Waals surface area contributed by atoms with E-state index in [1.54, 1.807) is 6.92 Å². The van der Waals surface area contributed by atoms with E-state index < -0.39 is 6.49 Å². The number of terminal acetylenes is 1. The molecule has 0 amide bonds. The van der Waals surface area contributed by atoms with Gasteiger partial charge in [0.15, 0.2) is 6.49 Å². The summed E-state index contributed by atoms with van der Waals surface area (Å²) in [5.41, 5.74) is 0. The number of hydrogen-bond donors (Lipinski definition) is 1. The van der Waals surface area contributed by atoms with Gasteiger partial charge < -0.3 is 9.42 Å². The van der Waals surface area contributed by atoms with Crippen LogP contribution in [-0.4, -0.2) is 17.7 Å². The fourth-order valence-corrected chi connectivity index (χ4v) is 1.36. The van der Waals surface area contributed by atoms with Crippen molar-refractivity contribution in [2.24, 2.45) is 0 Å². The van der Waals surface area contributed by atoms with Gasteiger partial charge in [0.2, 0.25) is 0 Å². The van der Waals surface area contributed by atoms with E-state index in [1.165, 1.54) is 6.66 Å². The molecule has 52 valence electrons. The van der Waals surface area contributed by atoms with Gasteiger partial charge in [0.1, 0.15) is 6.10 Å². The van der Waals surface area contributed by atoms with E-state index in [4.69, 9.17) is 15.8 Å². The third-order valence-electron chi connectivity index (χ3n) is 0.588. The van der Waals surface area contributed by atoms with Crippen LogP contribution < -0.4 is 0 Å². The highest BCUT2D eigenvalue weighted by Gasteiger charge is 2.07. The summed E-state index contributed by atoms with van der Waals surface area (Å²) in [5, 5.41) is 0. The summed E-state index contributed by atoms with van der Waals surface area (Å²) in [6.07, 6.45) is 4.58. The molecule has 0 fully saturated rings. The number of hydrogen-bond acceptors (Lipinski definition) is 2. The van der Waals surface area contributed by atoms with Gasteiger partial charge in [-0.25, -0.2) is 0 Å². The first-order chi connectivity index (χ1) is 3.95. The number of rotatable bonds is 2. The molecular formula is C5H9O2PS. The van der Waals surface area contributed by atoms with E-state index in [0.29, 0.717) is 0 Å². The third kappa shape index (κ3) is 6.01. The molecule has 0 aromatic rings. The average Bonchev–Trinajstić information content (AvgIpc) is 1.62. The van der Waals surface area contributed by atoms with Crippen LogP contribution in [0, 0.1) is 12.3 Å². The molecule has 0 aliphatic heterocycles. The summed E-state index contributed by atoms with van der Waals surface area (Å²) in [4.78, 5) is 8.93. The highest BCUT2D eigenvalue weighted by molar-refractivity contribution is 8.09. The minimum absolute atomic E-state index is 0.383. The molecule has 0 saturated heterocycles. The van der Waals surface area contributed by atoms with Crippen LogP contribution in [0.15, 0.2) is 0 Å². The fraction of sp³-hybridized carbons (Fsp3) is 0.600. The van der Waals surface area contributed by atoms with Crippen LogP contribution in [0.2, 0.25) is 0 Å². The Kier molecular flexibility index (Phi) is 3.38. The van der Waals surface area contributed by atoms with Crippen LogP contribution in [0.1, 0.15) is 6.92 Å². The maximum Gasteiger partial charge on any atom is 0.184 e. The lowest BCUT2D eigenvalue weighted by atomic mass is 10.4. The Morgan fingerprint density at radius 2 is 2.33 bits per heavy atom. The van der Waals surface area contributed by atoms with Gasteiger partial charge in [0.25, 0.3) is 0 Å². The van der Waals surface area contributed by atoms with Gasteiger partial charge in [-0.2, -0.15) is 0 Å². The zero-order chi connectivity index (χ0) is 7.49. The van der Waals surface area contributed by atoms with Crippen LogP contribution >= 0.6 is 6.49 Å². The molecule has 0 aliphatic carbocycles. The summed E-state index contributed by atoms with van der Waals surface area (Å²) >= 11 is 4.58. The minimum atomic E-state index is -2.55. The molecule has 0 heterocycles. The van der Waals surface area contributed by atoms with Crippen molar-refractivity contribution in [1.29, 1.82) is 0 Å². The normalized spacial score (nSPS) is 19.8. The Morgan fingerprint density at radius 3 is 2.44 bits per heavy atom. The molecule has 0 rings (SSSR count). The summed E-state index contributed by atoms with van der Waals surface area (Å²) in [6, 6.07) is 0. The lowest BCUT2D eigenvalue weighted by Gasteiger charge is -2.11. The summed E-state index contributed by atoms with van der Waals surface area (Å²) < 4.78 is 4.83. The molecule has 0 spiro atoms. The molecule has 9 heavy (non-hydrogen) atoms. The molecule has 0 radical (unpaired) electrons. The van der Waals surface area contributed by atoms with E-state index in [9.17, 15) is 0 Å². The van der Waals surface area contributed by atoms with Crippen LogP contribution in [0.25, 0.3) is 0 Å². The average molecular weight is 164 g/mol. The summed E-state index contributed by atoms with van der Waals surface area (Å²) in [7, 11) is 0. The Morgan fingerprint density at radius 1 is 1.89 bits per heavy atom. The first kappa shape index (κ1) is 9.13. The predicted octanol–water partition coefficient (Wildman–Crippen LogP) is 0.956. The van der Waals surface area contributed by atoms with Crippen molar-refractivity contribution in [2.75, 3.05) is 6.66 Å². The molecule has 0 aromatic carbocycles. The SMILES string of the molecule is C#CC(C)OP(C)(O)=S. The Hall–Kier alpha value is 0.130. The van der Waals surface area contributed by atoms with Gasteiger partial charge in [-0.15, -0.1) is 6.42 Å². The van der Waals surface area contributed by atoms with Gasteiger partial charge >= 0.3 is 0 Å². The standard InChI is InChI=1S/C5H9O2PS/c1-4-5(2)7-8(3,6)9/h1,5H,2-3H3,(H,6,9). The highest BCUT2D eigenvalue weighted by Crippen LogP contribution is 2.38. The van der Waals surface area contributed by atoms with Crippen molar-refractivity contribution in [3.8, 4) is 12.3 Å². The van der Waals surface area contributed by atoms with E-state index in [1.807, 2.05) is 0 Å². The Labute approximate surface area is 60.4 Å². The fourth-order valence-electron chi connectivity index (χ4n) is 0.324. The molecule has 4 heteroatoms. The summed E-state index contributed by atoms with van der Waals surface area (Å²) in [6.45, 7) is 0.588. The van der Waals surface area contributed by atoms with Gasteiger partial charge in [0, 0.05) is 6.66 Å². The van der Waals surface area contributed by atoms with Crippen LogP contribution in [0.4, 0.5) is 0 Å². The quantitative estimate of drug-likeness (QED) is 0.487. The monoisotopic (exact) mass is 164 g/mol. The topological polar surface area (TPSA) is 29.5 Å². The van der Waals surface area contributed by atoms with Crippen molar-refractivity contribution in [3.05, 3.63) is 0 Å². The van der Waals surface area contributed by atoms with Crippen molar-refractivity contribution in [1.82, 2.24) is 0 Å². The summed E-state index contributed by atoms with van der Waals surface area (Å²) in [5.74, 6) is 2.30. The lowest BCUT2D eigenvalue weighted by Crippen LogP contribution is -2.00. The first-order valence-corrected chi connectivity index (χ1v) is 5.52. The molecule has 0 saturated carbocycles.